The van der Waals surface area contributed by atoms with Gasteiger partial charge < -0.3 is 14.8 Å². The third-order valence-electron chi connectivity index (χ3n) is 4.33. The van der Waals surface area contributed by atoms with Crippen LogP contribution in [0.1, 0.15) is 44.7 Å². The van der Waals surface area contributed by atoms with Gasteiger partial charge >= 0.3 is 0 Å². The maximum atomic E-state index is 12.6. The van der Waals surface area contributed by atoms with Crippen molar-refractivity contribution in [3.05, 3.63) is 29.0 Å². The van der Waals surface area contributed by atoms with Crippen LogP contribution in [0.4, 0.5) is 0 Å². The van der Waals surface area contributed by atoms with Crippen molar-refractivity contribution < 1.29 is 14.3 Å². The van der Waals surface area contributed by atoms with Gasteiger partial charge in [-0.3, -0.25) is 9.69 Å². The Morgan fingerprint density at radius 1 is 1.44 bits per heavy atom. The summed E-state index contributed by atoms with van der Waals surface area (Å²) in [6.07, 6.45) is 4.78. The van der Waals surface area contributed by atoms with Crippen molar-refractivity contribution >= 4 is 29.3 Å². The van der Waals surface area contributed by atoms with Gasteiger partial charge in [-0.2, -0.15) is 0 Å². The van der Waals surface area contributed by atoms with Gasteiger partial charge in [0.25, 0.3) is 5.91 Å². The van der Waals surface area contributed by atoms with Gasteiger partial charge in [-0.25, -0.2) is 0 Å². The average Bonchev–Trinajstić information content (AvgIpc) is 3.05. The topological polar surface area (TPSA) is 50.8 Å². The number of carbonyl (C=O) groups is 1. The SMILES string of the molecule is CCCCN1C(=O)/C(=C/c2cc3c(cc2OCC)CC(C)O3)NC1=S. The molecule has 2 aliphatic heterocycles. The van der Waals surface area contributed by atoms with Crippen molar-refractivity contribution in [2.75, 3.05) is 13.2 Å². The Morgan fingerprint density at radius 3 is 2.96 bits per heavy atom. The number of nitrogens with zero attached hydrogens (tertiary/aromatic N) is 1. The fourth-order valence-corrected chi connectivity index (χ4v) is 3.38. The highest BCUT2D eigenvalue weighted by atomic mass is 32.1. The molecule has 0 radical (unpaired) electrons. The number of ether oxygens (including phenoxy) is 2. The molecule has 0 aromatic heterocycles. The van der Waals surface area contributed by atoms with Crippen LogP contribution < -0.4 is 14.8 Å². The average molecular weight is 360 g/mol. The van der Waals surface area contributed by atoms with Gasteiger partial charge in [-0.05, 0) is 50.7 Å². The third-order valence-corrected chi connectivity index (χ3v) is 4.65. The van der Waals surface area contributed by atoms with E-state index in [1.165, 1.54) is 0 Å². The second kappa shape index (κ2) is 7.44. The molecule has 0 spiro atoms. The molecule has 134 valence electrons. The number of hydrogen-bond acceptors (Lipinski definition) is 4. The zero-order valence-corrected chi connectivity index (χ0v) is 15.7. The Bertz CT molecular complexity index is 730. The summed E-state index contributed by atoms with van der Waals surface area (Å²) in [5.41, 5.74) is 2.45. The van der Waals surface area contributed by atoms with Gasteiger partial charge in [0.2, 0.25) is 0 Å². The van der Waals surface area contributed by atoms with E-state index in [0.717, 1.165) is 41.9 Å². The van der Waals surface area contributed by atoms with E-state index in [1.54, 1.807) is 11.0 Å². The van der Waals surface area contributed by atoms with Crippen molar-refractivity contribution in [1.82, 2.24) is 10.2 Å². The van der Waals surface area contributed by atoms with Crippen molar-refractivity contribution in [2.45, 2.75) is 46.1 Å². The largest absolute Gasteiger partial charge is 0.493 e. The molecule has 3 rings (SSSR count). The summed E-state index contributed by atoms with van der Waals surface area (Å²) in [6, 6.07) is 3.96. The molecule has 1 unspecified atom stereocenters. The first-order valence-corrected chi connectivity index (χ1v) is 9.25. The molecule has 0 saturated carbocycles. The number of amides is 1. The summed E-state index contributed by atoms with van der Waals surface area (Å²) < 4.78 is 11.6. The molecule has 5 nitrogen and oxygen atoms in total. The highest BCUT2D eigenvalue weighted by Crippen LogP contribution is 2.36. The quantitative estimate of drug-likeness (QED) is 0.623. The van der Waals surface area contributed by atoms with E-state index in [1.807, 2.05) is 26.0 Å². The molecule has 1 aromatic carbocycles. The van der Waals surface area contributed by atoms with E-state index in [9.17, 15) is 4.79 Å². The Labute approximate surface area is 154 Å². The molecule has 1 atom stereocenters. The maximum absolute atomic E-state index is 12.6. The lowest BCUT2D eigenvalue weighted by molar-refractivity contribution is -0.122. The fourth-order valence-electron chi connectivity index (χ4n) is 3.09. The predicted octanol–water partition coefficient (Wildman–Crippen LogP) is 3.27. The zero-order chi connectivity index (χ0) is 18.0. The molecule has 2 heterocycles. The Kier molecular flexibility index (Phi) is 5.27. The second-order valence-electron chi connectivity index (χ2n) is 6.36. The molecule has 6 heteroatoms. The predicted molar refractivity (Wildman–Crippen MR) is 102 cm³/mol. The van der Waals surface area contributed by atoms with Crippen LogP contribution in [0.5, 0.6) is 11.5 Å². The molecule has 0 bridgehead atoms. The van der Waals surface area contributed by atoms with Crippen LogP contribution in [0.15, 0.2) is 17.8 Å². The van der Waals surface area contributed by atoms with Crippen molar-refractivity contribution in [3.8, 4) is 11.5 Å². The number of fused-ring (bicyclic) bond motifs is 1. The number of benzene rings is 1. The number of thiocarbonyl (C=S) groups is 1. The lowest BCUT2D eigenvalue weighted by Gasteiger charge is -2.12. The van der Waals surface area contributed by atoms with E-state index in [4.69, 9.17) is 21.7 Å². The molecule has 2 aliphatic rings. The van der Waals surface area contributed by atoms with Gasteiger partial charge in [0.15, 0.2) is 5.11 Å². The van der Waals surface area contributed by atoms with Gasteiger partial charge in [0.1, 0.15) is 23.3 Å². The number of nitrogens with one attached hydrogen (secondary N) is 1. The summed E-state index contributed by atoms with van der Waals surface area (Å²) in [7, 11) is 0. The van der Waals surface area contributed by atoms with E-state index >= 15 is 0 Å². The van der Waals surface area contributed by atoms with E-state index in [-0.39, 0.29) is 12.0 Å². The monoisotopic (exact) mass is 360 g/mol. The van der Waals surface area contributed by atoms with Gasteiger partial charge in [0.05, 0.1) is 6.61 Å². The minimum Gasteiger partial charge on any atom is -0.493 e. The van der Waals surface area contributed by atoms with Crippen LogP contribution in [0, 0.1) is 0 Å². The molecule has 1 saturated heterocycles. The minimum atomic E-state index is -0.0873. The number of unbranched alkanes of at least 4 members (excludes halogenated alkanes) is 1. The Hall–Kier alpha value is -2.08. The first-order valence-electron chi connectivity index (χ1n) is 8.84. The Balaban J connectivity index is 1.91. The molecule has 1 N–H and O–H groups in total. The summed E-state index contributed by atoms with van der Waals surface area (Å²) in [5, 5.41) is 3.50. The summed E-state index contributed by atoms with van der Waals surface area (Å²) in [5.74, 6) is 1.54. The fraction of sp³-hybridized carbons (Fsp3) is 0.474. The third kappa shape index (κ3) is 3.63. The Morgan fingerprint density at radius 2 is 2.24 bits per heavy atom. The first-order chi connectivity index (χ1) is 12.0. The van der Waals surface area contributed by atoms with Crippen LogP contribution in [0.3, 0.4) is 0 Å². The normalized spacial score (nSPS) is 20.7. The van der Waals surface area contributed by atoms with Gasteiger partial charge in [0, 0.05) is 24.1 Å². The smallest absolute Gasteiger partial charge is 0.276 e. The van der Waals surface area contributed by atoms with Crippen LogP contribution in [-0.2, 0) is 11.2 Å². The lowest BCUT2D eigenvalue weighted by Crippen LogP contribution is -2.31. The standard InChI is InChI=1S/C19H24N2O3S/c1-4-6-7-21-18(22)15(20-19(21)25)9-14-11-17-13(8-12(3)24-17)10-16(14)23-5-2/h9-12H,4-8H2,1-3H3,(H,20,25)/b15-9-. The second-order valence-corrected chi connectivity index (χ2v) is 6.75. The molecule has 0 aliphatic carbocycles. The van der Waals surface area contributed by atoms with Crippen molar-refractivity contribution in [3.63, 3.8) is 0 Å². The number of carbonyl (C=O) groups excluding carboxylic acids is 1. The van der Waals surface area contributed by atoms with Crippen LogP contribution in [0.25, 0.3) is 6.08 Å². The van der Waals surface area contributed by atoms with E-state index < -0.39 is 0 Å². The molecule has 25 heavy (non-hydrogen) atoms. The van der Waals surface area contributed by atoms with Gasteiger partial charge in [-0.1, -0.05) is 13.3 Å². The summed E-state index contributed by atoms with van der Waals surface area (Å²) >= 11 is 5.30. The first kappa shape index (κ1) is 17.7. The zero-order valence-electron chi connectivity index (χ0n) is 14.9. The van der Waals surface area contributed by atoms with Crippen LogP contribution in [-0.4, -0.2) is 35.2 Å². The number of rotatable bonds is 6. The summed E-state index contributed by atoms with van der Waals surface area (Å²) in [6.45, 7) is 7.29. The van der Waals surface area contributed by atoms with Crippen molar-refractivity contribution in [1.29, 1.82) is 0 Å². The van der Waals surface area contributed by atoms with Crippen molar-refractivity contribution in [2.24, 2.45) is 0 Å². The molecule has 1 aromatic rings. The lowest BCUT2D eigenvalue weighted by atomic mass is 10.1. The van der Waals surface area contributed by atoms with E-state index in [2.05, 4.69) is 12.2 Å². The highest BCUT2D eigenvalue weighted by molar-refractivity contribution is 7.80. The number of hydrogen-bond donors (Lipinski definition) is 1. The van der Waals surface area contributed by atoms with E-state index in [0.29, 0.717) is 24.0 Å². The molecular weight excluding hydrogens is 336 g/mol. The molecular formula is C19H24N2O3S. The highest BCUT2D eigenvalue weighted by Gasteiger charge is 2.30. The minimum absolute atomic E-state index is 0.0873. The summed E-state index contributed by atoms with van der Waals surface area (Å²) in [4.78, 5) is 14.2. The van der Waals surface area contributed by atoms with Crippen LogP contribution >= 0.6 is 12.2 Å². The van der Waals surface area contributed by atoms with Crippen LogP contribution in [0.2, 0.25) is 0 Å². The molecule has 1 fully saturated rings. The van der Waals surface area contributed by atoms with Gasteiger partial charge in [-0.15, -0.1) is 0 Å². The molecule has 1 amide bonds. The maximum Gasteiger partial charge on any atom is 0.276 e.